The highest BCUT2D eigenvalue weighted by Crippen LogP contribution is 2.39. The summed E-state index contributed by atoms with van der Waals surface area (Å²) in [6.07, 6.45) is 0. The molecule has 0 aliphatic rings. The number of rotatable bonds is 2. The molecule has 0 bridgehead atoms. The molecule has 2 aromatic carbocycles. The van der Waals surface area contributed by atoms with Crippen LogP contribution in [0.3, 0.4) is 0 Å². The molecule has 3 rings (SSSR count). The minimum absolute atomic E-state index is 0.0650. The number of hydrogen-bond acceptors (Lipinski definition) is 3. The molecule has 0 atom stereocenters. The summed E-state index contributed by atoms with van der Waals surface area (Å²) >= 11 is 5.94. The van der Waals surface area contributed by atoms with Crippen molar-refractivity contribution in [2.24, 2.45) is 0 Å². The molecule has 1 heterocycles. The topological polar surface area (TPSA) is 42.6 Å². The summed E-state index contributed by atoms with van der Waals surface area (Å²) in [5.41, 5.74) is 1.31. The molecular formula is C15H11ClO3. The van der Waals surface area contributed by atoms with E-state index in [2.05, 4.69) is 0 Å². The van der Waals surface area contributed by atoms with Gasteiger partial charge >= 0.3 is 0 Å². The van der Waals surface area contributed by atoms with E-state index in [-0.39, 0.29) is 5.75 Å². The van der Waals surface area contributed by atoms with E-state index in [9.17, 15) is 5.11 Å². The lowest BCUT2D eigenvalue weighted by Crippen LogP contribution is -1.84. The molecule has 0 saturated carbocycles. The zero-order valence-electron chi connectivity index (χ0n) is 10.2. The van der Waals surface area contributed by atoms with E-state index in [1.165, 1.54) is 7.11 Å². The van der Waals surface area contributed by atoms with Crippen LogP contribution in [0, 0.1) is 0 Å². The van der Waals surface area contributed by atoms with E-state index in [1.54, 1.807) is 30.3 Å². The van der Waals surface area contributed by atoms with Crippen molar-refractivity contribution in [1.29, 1.82) is 0 Å². The molecule has 4 heteroatoms. The molecule has 3 nitrogen and oxygen atoms in total. The Hall–Kier alpha value is -2.13. The second kappa shape index (κ2) is 4.52. The first-order valence-electron chi connectivity index (χ1n) is 5.74. The molecule has 1 aromatic heterocycles. The number of methoxy groups -OCH3 is 1. The molecule has 0 saturated heterocycles. The van der Waals surface area contributed by atoms with Gasteiger partial charge in [0, 0.05) is 10.4 Å². The lowest BCUT2D eigenvalue weighted by Gasteiger charge is -2.06. The SMILES string of the molecule is COc1cccc(-c2cc3cc(Cl)ccc3o2)c1O. The number of halogens is 1. The minimum atomic E-state index is 0.0650. The number of benzene rings is 2. The zero-order valence-corrected chi connectivity index (χ0v) is 10.9. The van der Waals surface area contributed by atoms with Crippen LogP contribution in [0.2, 0.25) is 5.02 Å². The molecule has 3 aromatic rings. The number of furan rings is 1. The Labute approximate surface area is 115 Å². The van der Waals surface area contributed by atoms with Crippen LogP contribution in [0.25, 0.3) is 22.3 Å². The standard InChI is InChI=1S/C15H11ClO3/c1-18-13-4-2-3-11(15(13)17)14-8-9-7-10(16)5-6-12(9)19-14/h2-8,17H,1H3. The van der Waals surface area contributed by atoms with E-state index in [1.807, 2.05) is 12.1 Å². The third-order valence-corrected chi connectivity index (χ3v) is 3.20. The molecule has 19 heavy (non-hydrogen) atoms. The molecule has 0 spiro atoms. The summed E-state index contributed by atoms with van der Waals surface area (Å²) < 4.78 is 10.8. The van der Waals surface area contributed by atoms with Crippen LogP contribution in [-0.4, -0.2) is 12.2 Å². The highest BCUT2D eigenvalue weighted by atomic mass is 35.5. The minimum Gasteiger partial charge on any atom is -0.504 e. The van der Waals surface area contributed by atoms with Gasteiger partial charge in [-0.2, -0.15) is 0 Å². The Bertz CT molecular complexity index is 746. The van der Waals surface area contributed by atoms with Crippen LogP contribution < -0.4 is 4.74 Å². The van der Waals surface area contributed by atoms with E-state index < -0.39 is 0 Å². The summed E-state index contributed by atoms with van der Waals surface area (Å²) in [5, 5.41) is 11.7. The number of phenols is 1. The smallest absolute Gasteiger partial charge is 0.168 e. The van der Waals surface area contributed by atoms with Crippen LogP contribution in [-0.2, 0) is 0 Å². The number of fused-ring (bicyclic) bond motifs is 1. The molecule has 0 aliphatic heterocycles. The molecule has 0 fully saturated rings. The van der Waals surface area contributed by atoms with E-state index >= 15 is 0 Å². The maximum absolute atomic E-state index is 10.1. The summed E-state index contributed by atoms with van der Waals surface area (Å²) in [6, 6.07) is 12.5. The number of aromatic hydroxyl groups is 1. The van der Waals surface area contributed by atoms with Crippen molar-refractivity contribution in [2.75, 3.05) is 7.11 Å². The Balaban J connectivity index is 2.19. The van der Waals surface area contributed by atoms with Crippen molar-refractivity contribution >= 4 is 22.6 Å². The predicted octanol–water partition coefficient (Wildman–Crippen LogP) is 4.47. The van der Waals surface area contributed by atoms with Crippen molar-refractivity contribution in [1.82, 2.24) is 0 Å². The average Bonchev–Trinajstić information content (AvgIpc) is 2.81. The lowest BCUT2D eigenvalue weighted by atomic mass is 10.1. The van der Waals surface area contributed by atoms with Gasteiger partial charge in [0.15, 0.2) is 11.5 Å². The highest BCUT2D eigenvalue weighted by molar-refractivity contribution is 6.31. The van der Waals surface area contributed by atoms with Crippen LogP contribution in [0.15, 0.2) is 46.9 Å². The van der Waals surface area contributed by atoms with Gasteiger partial charge in [0.1, 0.15) is 11.3 Å². The van der Waals surface area contributed by atoms with Crippen LogP contribution in [0.4, 0.5) is 0 Å². The van der Waals surface area contributed by atoms with Gasteiger partial charge in [0.05, 0.1) is 12.7 Å². The van der Waals surface area contributed by atoms with Crippen molar-refractivity contribution in [3.8, 4) is 22.8 Å². The zero-order chi connectivity index (χ0) is 13.4. The molecule has 0 aliphatic carbocycles. The van der Waals surface area contributed by atoms with Gasteiger partial charge in [-0.05, 0) is 36.4 Å². The fourth-order valence-electron chi connectivity index (χ4n) is 2.03. The van der Waals surface area contributed by atoms with E-state index in [0.29, 0.717) is 22.1 Å². The molecule has 0 unspecified atom stereocenters. The largest absolute Gasteiger partial charge is 0.504 e. The van der Waals surface area contributed by atoms with Crippen molar-refractivity contribution in [3.63, 3.8) is 0 Å². The molecular weight excluding hydrogens is 264 g/mol. The van der Waals surface area contributed by atoms with Gasteiger partial charge in [-0.1, -0.05) is 17.7 Å². The second-order valence-electron chi connectivity index (χ2n) is 4.15. The summed E-state index contributed by atoms with van der Waals surface area (Å²) in [4.78, 5) is 0. The van der Waals surface area contributed by atoms with Gasteiger partial charge in [-0.15, -0.1) is 0 Å². The van der Waals surface area contributed by atoms with Crippen LogP contribution in [0.1, 0.15) is 0 Å². The van der Waals surface area contributed by atoms with Crippen molar-refractivity contribution in [3.05, 3.63) is 47.5 Å². The number of ether oxygens (including phenoxy) is 1. The fourth-order valence-corrected chi connectivity index (χ4v) is 2.21. The Kier molecular flexibility index (Phi) is 2.84. The monoisotopic (exact) mass is 274 g/mol. The fraction of sp³-hybridized carbons (Fsp3) is 0.0667. The highest BCUT2D eigenvalue weighted by Gasteiger charge is 2.13. The van der Waals surface area contributed by atoms with Gasteiger partial charge < -0.3 is 14.3 Å². The van der Waals surface area contributed by atoms with Crippen LogP contribution >= 0.6 is 11.6 Å². The maximum Gasteiger partial charge on any atom is 0.168 e. The molecule has 1 N–H and O–H groups in total. The summed E-state index contributed by atoms with van der Waals surface area (Å²) in [5.74, 6) is 1.06. The maximum atomic E-state index is 10.1. The third-order valence-electron chi connectivity index (χ3n) is 2.96. The van der Waals surface area contributed by atoms with Gasteiger partial charge in [0.2, 0.25) is 0 Å². The quantitative estimate of drug-likeness (QED) is 0.750. The first-order valence-corrected chi connectivity index (χ1v) is 6.12. The van der Waals surface area contributed by atoms with E-state index in [4.69, 9.17) is 20.8 Å². The Morgan fingerprint density at radius 1 is 1.16 bits per heavy atom. The lowest BCUT2D eigenvalue weighted by molar-refractivity contribution is 0.374. The second-order valence-corrected chi connectivity index (χ2v) is 4.59. The molecule has 0 radical (unpaired) electrons. The Morgan fingerprint density at radius 2 is 2.00 bits per heavy atom. The van der Waals surface area contributed by atoms with Gasteiger partial charge in [-0.3, -0.25) is 0 Å². The number of hydrogen-bond donors (Lipinski definition) is 1. The average molecular weight is 275 g/mol. The Morgan fingerprint density at radius 3 is 2.79 bits per heavy atom. The predicted molar refractivity (Wildman–Crippen MR) is 74.9 cm³/mol. The first kappa shape index (κ1) is 11.9. The number of phenolic OH excluding ortho intramolecular Hbond substituents is 1. The number of para-hydroxylation sites is 1. The van der Waals surface area contributed by atoms with E-state index in [0.717, 1.165) is 11.0 Å². The normalized spacial score (nSPS) is 10.8. The molecule has 96 valence electrons. The summed E-state index contributed by atoms with van der Waals surface area (Å²) in [7, 11) is 1.51. The van der Waals surface area contributed by atoms with Gasteiger partial charge in [-0.25, -0.2) is 0 Å². The van der Waals surface area contributed by atoms with Crippen molar-refractivity contribution in [2.45, 2.75) is 0 Å². The molecule has 0 amide bonds. The van der Waals surface area contributed by atoms with Crippen LogP contribution in [0.5, 0.6) is 11.5 Å². The van der Waals surface area contributed by atoms with Crippen molar-refractivity contribution < 1.29 is 14.3 Å². The summed E-state index contributed by atoms with van der Waals surface area (Å²) in [6.45, 7) is 0. The first-order chi connectivity index (χ1) is 9.19. The van der Waals surface area contributed by atoms with Gasteiger partial charge in [0.25, 0.3) is 0 Å². The third kappa shape index (κ3) is 2.02.